The van der Waals surface area contributed by atoms with Crippen LogP contribution >= 0.6 is 0 Å². The predicted octanol–water partition coefficient (Wildman–Crippen LogP) is 4.32. The monoisotopic (exact) mass is 277 g/mol. The lowest BCUT2D eigenvalue weighted by Crippen LogP contribution is -2.38. The maximum absolute atomic E-state index is 4.52. The molecule has 0 amide bonds. The fourth-order valence-electron chi connectivity index (χ4n) is 3.47. The lowest BCUT2D eigenvalue weighted by atomic mass is 9.94. The van der Waals surface area contributed by atoms with Crippen molar-refractivity contribution in [1.82, 2.24) is 15.1 Å². The molecule has 2 unspecified atom stereocenters. The van der Waals surface area contributed by atoms with Crippen LogP contribution in [0.4, 0.5) is 0 Å². The van der Waals surface area contributed by atoms with Crippen molar-refractivity contribution in [1.29, 1.82) is 0 Å². The second-order valence-corrected chi connectivity index (χ2v) is 6.12. The third-order valence-electron chi connectivity index (χ3n) is 4.56. The van der Waals surface area contributed by atoms with Gasteiger partial charge in [0.05, 0.1) is 6.04 Å². The molecular weight excluding hydrogens is 246 g/mol. The summed E-state index contributed by atoms with van der Waals surface area (Å²) < 4.78 is 2.19. The molecule has 114 valence electrons. The van der Waals surface area contributed by atoms with Gasteiger partial charge >= 0.3 is 0 Å². The molecular formula is C17H31N3. The highest BCUT2D eigenvalue weighted by atomic mass is 15.3. The SMILES string of the molecule is CCNC1CCCCCCCCCCC1n1cccn1. The van der Waals surface area contributed by atoms with Crippen molar-refractivity contribution >= 4 is 0 Å². The van der Waals surface area contributed by atoms with Gasteiger partial charge in [0.1, 0.15) is 0 Å². The van der Waals surface area contributed by atoms with Crippen molar-refractivity contribution in [2.45, 2.75) is 83.2 Å². The lowest BCUT2D eigenvalue weighted by Gasteiger charge is -2.29. The molecule has 1 fully saturated rings. The Kier molecular flexibility index (Phi) is 7.13. The van der Waals surface area contributed by atoms with Crippen LogP contribution in [-0.4, -0.2) is 22.4 Å². The molecule has 2 rings (SSSR count). The van der Waals surface area contributed by atoms with Gasteiger partial charge in [0.2, 0.25) is 0 Å². The van der Waals surface area contributed by atoms with Gasteiger partial charge in [-0.3, -0.25) is 4.68 Å². The molecule has 1 heterocycles. The molecule has 1 aromatic heterocycles. The van der Waals surface area contributed by atoms with E-state index < -0.39 is 0 Å². The Morgan fingerprint density at radius 3 is 2.25 bits per heavy atom. The minimum Gasteiger partial charge on any atom is -0.312 e. The number of hydrogen-bond donors (Lipinski definition) is 1. The quantitative estimate of drug-likeness (QED) is 0.892. The van der Waals surface area contributed by atoms with Crippen LogP contribution < -0.4 is 5.32 Å². The minimum absolute atomic E-state index is 0.532. The normalized spacial score (nSPS) is 26.6. The van der Waals surface area contributed by atoms with Crippen LogP contribution in [0, 0.1) is 0 Å². The summed E-state index contributed by atoms with van der Waals surface area (Å²) in [5, 5.41) is 8.23. The summed E-state index contributed by atoms with van der Waals surface area (Å²) in [7, 11) is 0. The number of aromatic nitrogens is 2. The van der Waals surface area contributed by atoms with Crippen molar-refractivity contribution in [2.24, 2.45) is 0 Å². The second kappa shape index (κ2) is 9.17. The minimum atomic E-state index is 0.532. The van der Waals surface area contributed by atoms with Crippen molar-refractivity contribution in [2.75, 3.05) is 6.54 Å². The highest BCUT2D eigenvalue weighted by Crippen LogP contribution is 2.25. The van der Waals surface area contributed by atoms with Crippen molar-refractivity contribution in [3.05, 3.63) is 18.5 Å². The van der Waals surface area contributed by atoms with E-state index in [0.717, 1.165) is 6.54 Å². The fraction of sp³-hybridized carbons (Fsp3) is 0.824. The van der Waals surface area contributed by atoms with Gasteiger partial charge < -0.3 is 5.32 Å². The lowest BCUT2D eigenvalue weighted by molar-refractivity contribution is 0.281. The van der Waals surface area contributed by atoms with Crippen molar-refractivity contribution < 1.29 is 0 Å². The molecule has 1 saturated carbocycles. The van der Waals surface area contributed by atoms with Crippen LogP contribution in [0.25, 0.3) is 0 Å². The Morgan fingerprint density at radius 2 is 1.65 bits per heavy atom. The molecule has 1 aliphatic rings. The standard InChI is InChI=1S/C17H31N3/c1-2-18-16-12-9-7-5-3-4-6-8-10-13-17(16)20-15-11-14-19-20/h11,14-18H,2-10,12-13H2,1H3. The van der Waals surface area contributed by atoms with Gasteiger partial charge in [-0.15, -0.1) is 0 Å². The number of nitrogens with zero attached hydrogens (tertiary/aromatic N) is 2. The van der Waals surface area contributed by atoms with E-state index in [2.05, 4.69) is 34.3 Å². The highest BCUT2D eigenvalue weighted by molar-refractivity contribution is 4.87. The number of likely N-dealkylation sites (N-methyl/N-ethyl adjacent to an activating group) is 1. The molecule has 2 atom stereocenters. The van der Waals surface area contributed by atoms with Crippen LogP contribution in [0.2, 0.25) is 0 Å². The van der Waals surface area contributed by atoms with Crippen LogP contribution in [-0.2, 0) is 0 Å². The largest absolute Gasteiger partial charge is 0.312 e. The summed E-state index contributed by atoms with van der Waals surface area (Å²) in [6.45, 7) is 3.28. The summed E-state index contributed by atoms with van der Waals surface area (Å²) in [5.74, 6) is 0. The Bertz CT molecular complexity index is 334. The van der Waals surface area contributed by atoms with E-state index in [9.17, 15) is 0 Å². The number of rotatable bonds is 3. The molecule has 3 heteroatoms. The molecule has 0 radical (unpaired) electrons. The number of hydrogen-bond acceptors (Lipinski definition) is 2. The zero-order chi connectivity index (χ0) is 14.0. The first kappa shape index (κ1) is 15.6. The Balaban J connectivity index is 2.02. The maximum Gasteiger partial charge on any atom is 0.0672 e. The Labute approximate surface area is 124 Å². The Morgan fingerprint density at radius 1 is 1.00 bits per heavy atom. The van der Waals surface area contributed by atoms with E-state index in [1.165, 1.54) is 64.2 Å². The van der Waals surface area contributed by atoms with Crippen LogP contribution in [0.1, 0.15) is 77.2 Å². The van der Waals surface area contributed by atoms with Crippen molar-refractivity contribution in [3.8, 4) is 0 Å². The molecule has 1 N–H and O–H groups in total. The van der Waals surface area contributed by atoms with E-state index in [4.69, 9.17) is 0 Å². The van der Waals surface area contributed by atoms with E-state index in [1.807, 2.05) is 6.20 Å². The second-order valence-electron chi connectivity index (χ2n) is 6.12. The summed E-state index contributed by atoms with van der Waals surface area (Å²) in [6, 6.07) is 3.17. The van der Waals surface area contributed by atoms with Crippen LogP contribution in [0.5, 0.6) is 0 Å². The topological polar surface area (TPSA) is 29.9 Å². The van der Waals surface area contributed by atoms with E-state index in [1.54, 1.807) is 0 Å². The molecule has 0 spiro atoms. The van der Waals surface area contributed by atoms with Crippen LogP contribution in [0.15, 0.2) is 18.5 Å². The first-order valence-electron chi connectivity index (χ1n) is 8.64. The Hall–Kier alpha value is -0.830. The van der Waals surface area contributed by atoms with Gasteiger partial charge in [-0.2, -0.15) is 5.10 Å². The third kappa shape index (κ3) is 4.93. The van der Waals surface area contributed by atoms with Crippen molar-refractivity contribution in [3.63, 3.8) is 0 Å². The summed E-state index contributed by atoms with van der Waals surface area (Å²) in [6.07, 6.45) is 17.8. The maximum atomic E-state index is 4.52. The average molecular weight is 277 g/mol. The molecule has 1 aliphatic carbocycles. The molecule has 3 nitrogen and oxygen atoms in total. The molecule has 1 aromatic rings. The molecule has 0 aromatic carbocycles. The summed E-state index contributed by atoms with van der Waals surface area (Å²) in [4.78, 5) is 0. The average Bonchev–Trinajstić information content (AvgIpc) is 2.96. The summed E-state index contributed by atoms with van der Waals surface area (Å²) >= 11 is 0. The smallest absolute Gasteiger partial charge is 0.0672 e. The van der Waals surface area contributed by atoms with Gasteiger partial charge in [-0.25, -0.2) is 0 Å². The van der Waals surface area contributed by atoms with E-state index >= 15 is 0 Å². The molecule has 0 aliphatic heterocycles. The zero-order valence-corrected chi connectivity index (χ0v) is 13.1. The fourth-order valence-corrected chi connectivity index (χ4v) is 3.47. The van der Waals surface area contributed by atoms with Gasteiger partial charge in [-0.1, -0.05) is 58.3 Å². The zero-order valence-electron chi connectivity index (χ0n) is 13.1. The van der Waals surface area contributed by atoms with Gasteiger partial charge in [0, 0.05) is 18.4 Å². The predicted molar refractivity (Wildman–Crippen MR) is 84.9 cm³/mol. The van der Waals surface area contributed by atoms with E-state index in [-0.39, 0.29) is 0 Å². The van der Waals surface area contributed by atoms with Gasteiger partial charge in [0.15, 0.2) is 0 Å². The highest BCUT2D eigenvalue weighted by Gasteiger charge is 2.22. The molecule has 20 heavy (non-hydrogen) atoms. The van der Waals surface area contributed by atoms with E-state index in [0.29, 0.717) is 12.1 Å². The first-order valence-corrected chi connectivity index (χ1v) is 8.64. The summed E-state index contributed by atoms with van der Waals surface area (Å²) in [5.41, 5.74) is 0. The molecule has 0 bridgehead atoms. The molecule has 0 saturated heterocycles. The number of nitrogens with one attached hydrogen (secondary N) is 1. The van der Waals surface area contributed by atoms with Gasteiger partial charge in [-0.05, 0) is 25.5 Å². The third-order valence-corrected chi connectivity index (χ3v) is 4.56. The van der Waals surface area contributed by atoms with Crippen LogP contribution in [0.3, 0.4) is 0 Å². The first-order chi connectivity index (χ1) is 9.92. The van der Waals surface area contributed by atoms with Gasteiger partial charge in [0.25, 0.3) is 0 Å².